The molecule has 0 aliphatic carbocycles. The van der Waals surface area contributed by atoms with Gasteiger partial charge < -0.3 is 5.32 Å². The molecule has 16 heavy (non-hydrogen) atoms. The van der Waals surface area contributed by atoms with Gasteiger partial charge in [0, 0.05) is 16.7 Å². The van der Waals surface area contributed by atoms with Crippen LogP contribution >= 0.6 is 0 Å². The predicted octanol–water partition coefficient (Wildman–Crippen LogP) is 2.32. The van der Waals surface area contributed by atoms with E-state index >= 15 is 0 Å². The summed E-state index contributed by atoms with van der Waals surface area (Å²) >= 11 is 0. The van der Waals surface area contributed by atoms with Gasteiger partial charge in [-0.1, -0.05) is 19.4 Å². The maximum atomic E-state index is 12.9. The molecule has 0 aliphatic heterocycles. The Hall–Kier alpha value is -0.740. The van der Waals surface area contributed by atoms with Crippen LogP contribution in [-0.4, -0.2) is 23.1 Å². The number of halogens is 1. The molecule has 0 saturated heterocycles. The third kappa shape index (κ3) is 4.02. The predicted molar refractivity (Wildman–Crippen MR) is 65.4 cm³/mol. The Morgan fingerprint density at radius 2 is 2.25 bits per heavy atom. The highest BCUT2D eigenvalue weighted by atomic mass is 32.2. The van der Waals surface area contributed by atoms with E-state index in [0.29, 0.717) is 10.6 Å². The van der Waals surface area contributed by atoms with Crippen LogP contribution in [0.25, 0.3) is 0 Å². The van der Waals surface area contributed by atoms with E-state index < -0.39 is 10.8 Å². The van der Waals surface area contributed by atoms with Crippen LogP contribution in [0.2, 0.25) is 0 Å². The van der Waals surface area contributed by atoms with Crippen LogP contribution in [0, 0.1) is 5.82 Å². The molecule has 0 bridgehead atoms. The fourth-order valence-electron chi connectivity index (χ4n) is 1.55. The molecule has 90 valence electrons. The summed E-state index contributed by atoms with van der Waals surface area (Å²) in [7, 11) is 0.737. The van der Waals surface area contributed by atoms with Gasteiger partial charge in [0.25, 0.3) is 0 Å². The zero-order valence-corrected chi connectivity index (χ0v) is 10.5. The Balaban J connectivity index is 2.64. The molecule has 0 aromatic heterocycles. The Morgan fingerprint density at radius 1 is 1.50 bits per heavy atom. The highest BCUT2D eigenvalue weighted by molar-refractivity contribution is 7.85. The topological polar surface area (TPSA) is 29.1 Å². The molecule has 2 unspecified atom stereocenters. The zero-order valence-electron chi connectivity index (χ0n) is 9.70. The molecule has 0 amide bonds. The Bertz CT molecular complexity index is 357. The number of rotatable bonds is 6. The first-order chi connectivity index (χ1) is 7.67. The van der Waals surface area contributed by atoms with E-state index in [-0.39, 0.29) is 11.9 Å². The summed E-state index contributed by atoms with van der Waals surface area (Å²) in [6.07, 6.45) is 2.03. The molecule has 1 N–H and O–H groups in total. The van der Waals surface area contributed by atoms with Gasteiger partial charge in [-0.05, 0) is 31.7 Å². The van der Waals surface area contributed by atoms with Crippen molar-refractivity contribution < 1.29 is 8.60 Å². The van der Waals surface area contributed by atoms with Gasteiger partial charge in [-0.25, -0.2) is 4.39 Å². The van der Waals surface area contributed by atoms with Gasteiger partial charge in [0.1, 0.15) is 5.82 Å². The lowest BCUT2D eigenvalue weighted by atomic mass is 10.2. The second-order valence-electron chi connectivity index (χ2n) is 3.74. The van der Waals surface area contributed by atoms with Crippen LogP contribution in [0.4, 0.5) is 4.39 Å². The highest BCUT2D eigenvalue weighted by Gasteiger charge is 2.11. The third-order valence-electron chi connectivity index (χ3n) is 2.46. The molecule has 4 heteroatoms. The minimum atomic E-state index is -1.13. The number of nitrogens with one attached hydrogen (secondary N) is 1. The average molecular weight is 243 g/mol. The molecular weight excluding hydrogens is 225 g/mol. The SMILES string of the molecule is CCCC(CS(=O)c1cccc(F)c1)NC. The summed E-state index contributed by atoms with van der Waals surface area (Å²) in [4.78, 5) is 0.566. The second kappa shape index (κ2) is 6.76. The lowest BCUT2D eigenvalue weighted by molar-refractivity contribution is 0.556. The summed E-state index contributed by atoms with van der Waals surface area (Å²) in [5, 5.41) is 3.13. The van der Waals surface area contributed by atoms with Crippen molar-refractivity contribution >= 4 is 10.8 Å². The van der Waals surface area contributed by atoms with Gasteiger partial charge in [-0.15, -0.1) is 0 Å². The highest BCUT2D eigenvalue weighted by Crippen LogP contribution is 2.11. The molecule has 2 atom stereocenters. The Labute approximate surface area is 98.7 Å². The summed E-state index contributed by atoms with van der Waals surface area (Å²) in [5.41, 5.74) is 0. The van der Waals surface area contributed by atoms with Crippen molar-refractivity contribution in [1.82, 2.24) is 5.32 Å². The monoisotopic (exact) mass is 243 g/mol. The molecular formula is C12H18FNOS. The largest absolute Gasteiger partial charge is 0.316 e. The van der Waals surface area contributed by atoms with Crippen LogP contribution < -0.4 is 5.32 Å². The standard InChI is InChI=1S/C12H18FNOS/c1-3-5-11(14-2)9-16(15)12-7-4-6-10(13)8-12/h4,6-8,11,14H,3,5,9H2,1-2H3. The maximum absolute atomic E-state index is 12.9. The van der Waals surface area contributed by atoms with Crippen molar-refractivity contribution in [3.63, 3.8) is 0 Å². The molecule has 0 radical (unpaired) electrons. The summed E-state index contributed by atoms with van der Waals surface area (Å²) < 4.78 is 24.9. The minimum absolute atomic E-state index is 0.231. The maximum Gasteiger partial charge on any atom is 0.124 e. The number of hydrogen-bond donors (Lipinski definition) is 1. The Kier molecular flexibility index (Phi) is 5.63. The second-order valence-corrected chi connectivity index (χ2v) is 5.24. The lowest BCUT2D eigenvalue weighted by Crippen LogP contribution is -2.30. The van der Waals surface area contributed by atoms with Crippen LogP contribution in [0.15, 0.2) is 29.2 Å². The first kappa shape index (κ1) is 13.3. The van der Waals surface area contributed by atoms with Crippen molar-refractivity contribution in [2.45, 2.75) is 30.7 Å². The van der Waals surface area contributed by atoms with Crippen LogP contribution in [0.3, 0.4) is 0 Å². The first-order valence-electron chi connectivity index (χ1n) is 5.48. The van der Waals surface area contributed by atoms with Crippen LogP contribution in [-0.2, 0) is 10.8 Å². The van der Waals surface area contributed by atoms with E-state index in [4.69, 9.17) is 0 Å². The van der Waals surface area contributed by atoms with Crippen molar-refractivity contribution in [2.75, 3.05) is 12.8 Å². The van der Waals surface area contributed by atoms with Crippen molar-refractivity contribution in [2.24, 2.45) is 0 Å². The Morgan fingerprint density at radius 3 is 2.81 bits per heavy atom. The van der Waals surface area contributed by atoms with Gasteiger partial charge >= 0.3 is 0 Å². The fraction of sp³-hybridized carbons (Fsp3) is 0.500. The molecule has 2 nitrogen and oxygen atoms in total. The summed E-state index contributed by atoms with van der Waals surface area (Å²) in [6, 6.07) is 6.24. The molecule has 0 aliphatic rings. The van der Waals surface area contributed by atoms with Gasteiger partial charge in [0.15, 0.2) is 0 Å². The summed E-state index contributed by atoms with van der Waals surface area (Å²) in [6.45, 7) is 2.09. The average Bonchev–Trinajstić information content (AvgIpc) is 2.28. The van der Waals surface area contributed by atoms with E-state index in [0.717, 1.165) is 12.8 Å². The third-order valence-corrected chi connectivity index (χ3v) is 3.94. The van der Waals surface area contributed by atoms with Gasteiger partial charge in [0.05, 0.1) is 10.8 Å². The number of hydrogen-bond acceptors (Lipinski definition) is 2. The molecule has 0 heterocycles. The molecule has 0 saturated carbocycles. The first-order valence-corrected chi connectivity index (χ1v) is 6.80. The zero-order chi connectivity index (χ0) is 12.0. The molecule has 1 rings (SSSR count). The normalized spacial score (nSPS) is 14.7. The van der Waals surface area contributed by atoms with E-state index in [1.807, 2.05) is 7.05 Å². The molecule has 1 aromatic rings. The molecule has 0 fully saturated rings. The van der Waals surface area contributed by atoms with E-state index in [1.54, 1.807) is 12.1 Å². The van der Waals surface area contributed by atoms with Crippen molar-refractivity contribution in [3.05, 3.63) is 30.1 Å². The van der Waals surface area contributed by atoms with E-state index in [2.05, 4.69) is 12.2 Å². The minimum Gasteiger partial charge on any atom is -0.316 e. The van der Waals surface area contributed by atoms with Crippen molar-refractivity contribution in [1.29, 1.82) is 0 Å². The smallest absolute Gasteiger partial charge is 0.124 e. The van der Waals surface area contributed by atoms with Crippen LogP contribution in [0.1, 0.15) is 19.8 Å². The van der Waals surface area contributed by atoms with Gasteiger partial charge in [-0.3, -0.25) is 4.21 Å². The number of benzene rings is 1. The lowest BCUT2D eigenvalue weighted by Gasteiger charge is -2.14. The molecule has 0 spiro atoms. The van der Waals surface area contributed by atoms with Crippen molar-refractivity contribution in [3.8, 4) is 0 Å². The van der Waals surface area contributed by atoms with Crippen LogP contribution in [0.5, 0.6) is 0 Å². The van der Waals surface area contributed by atoms with Gasteiger partial charge in [-0.2, -0.15) is 0 Å². The van der Waals surface area contributed by atoms with E-state index in [1.165, 1.54) is 12.1 Å². The molecule has 1 aromatic carbocycles. The van der Waals surface area contributed by atoms with Gasteiger partial charge in [0.2, 0.25) is 0 Å². The summed E-state index contributed by atoms with van der Waals surface area (Å²) in [5.74, 6) is 0.204. The quantitative estimate of drug-likeness (QED) is 0.831. The van der Waals surface area contributed by atoms with E-state index in [9.17, 15) is 8.60 Å². The fourth-order valence-corrected chi connectivity index (χ4v) is 2.91.